The average molecular weight is 439 g/mol. The maximum atomic E-state index is 13.0. The molecule has 1 aliphatic rings. The molecule has 1 fully saturated rings. The van der Waals surface area contributed by atoms with Gasteiger partial charge in [0.2, 0.25) is 15.9 Å². The van der Waals surface area contributed by atoms with Crippen LogP contribution in [-0.2, 0) is 20.2 Å². The summed E-state index contributed by atoms with van der Waals surface area (Å²) >= 11 is 3.40. The van der Waals surface area contributed by atoms with Crippen LogP contribution in [-0.4, -0.2) is 21.4 Å². The lowest BCUT2D eigenvalue weighted by Crippen LogP contribution is -2.46. The normalized spacial score (nSPS) is 15.8. The number of sulfonamides is 1. The van der Waals surface area contributed by atoms with E-state index in [1.165, 1.54) is 19.2 Å². The first-order valence-electron chi connectivity index (χ1n) is 8.05. The Bertz CT molecular complexity index is 938. The first kappa shape index (κ1) is 18.9. The van der Waals surface area contributed by atoms with E-state index in [9.17, 15) is 13.2 Å². The third-order valence-corrected chi connectivity index (χ3v) is 6.23. The summed E-state index contributed by atoms with van der Waals surface area (Å²) in [5.41, 5.74) is 0.718. The summed E-state index contributed by atoms with van der Waals surface area (Å²) in [7, 11) is -2.61. The van der Waals surface area contributed by atoms with Gasteiger partial charge in [-0.3, -0.25) is 4.79 Å². The van der Waals surface area contributed by atoms with Gasteiger partial charge in [-0.1, -0.05) is 34.5 Å². The van der Waals surface area contributed by atoms with Crippen LogP contribution < -0.4 is 15.2 Å². The van der Waals surface area contributed by atoms with E-state index in [1.54, 1.807) is 6.07 Å². The molecule has 3 N–H and O–H groups in total. The van der Waals surface area contributed by atoms with E-state index >= 15 is 0 Å². The summed E-state index contributed by atoms with van der Waals surface area (Å²) in [6.45, 7) is 0. The molecule has 138 valence electrons. The SMILES string of the molecule is COc1ccc(NC(=O)C2(c3ccc(Br)cc3)CCC2)cc1S(N)(=O)=O. The van der Waals surface area contributed by atoms with Gasteiger partial charge in [0, 0.05) is 10.2 Å². The number of amides is 1. The first-order valence-corrected chi connectivity index (χ1v) is 10.4. The number of nitrogens with two attached hydrogens (primary N) is 1. The number of methoxy groups -OCH3 is 1. The van der Waals surface area contributed by atoms with Gasteiger partial charge in [0.05, 0.1) is 12.5 Å². The average Bonchev–Trinajstić information content (AvgIpc) is 2.54. The lowest BCUT2D eigenvalue weighted by molar-refractivity contribution is -0.124. The Morgan fingerprint density at radius 3 is 2.35 bits per heavy atom. The Labute approximate surface area is 160 Å². The summed E-state index contributed by atoms with van der Waals surface area (Å²) in [5, 5.41) is 8.07. The lowest BCUT2D eigenvalue weighted by Gasteiger charge is -2.40. The monoisotopic (exact) mass is 438 g/mol. The Kier molecular flexibility index (Phi) is 5.09. The van der Waals surface area contributed by atoms with E-state index < -0.39 is 15.4 Å². The number of halogens is 1. The summed E-state index contributed by atoms with van der Waals surface area (Å²) < 4.78 is 29.5. The molecule has 8 heteroatoms. The number of ether oxygens (including phenoxy) is 1. The number of nitrogens with one attached hydrogen (secondary N) is 1. The molecular formula is C18H19BrN2O4S. The number of benzene rings is 2. The van der Waals surface area contributed by atoms with Crippen molar-refractivity contribution in [2.24, 2.45) is 5.14 Å². The second-order valence-electron chi connectivity index (χ2n) is 6.31. The van der Waals surface area contributed by atoms with Gasteiger partial charge < -0.3 is 10.1 Å². The van der Waals surface area contributed by atoms with E-state index in [-0.39, 0.29) is 16.6 Å². The molecule has 3 rings (SSSR count). The van der Waals surface area contributed by atoms with Crippen molar-refractivity contribution < 1.29 is 17.9 Å². The molecule has 0 aliphatic heterocycles. The van der Waals surface area contributed by atoms with Crippen LogP contribution in [0.1, 0.15) is 24.8 Å². The zero-order valence-electron chi connectivity index (χ0n) is 14.2. The smallest absolute Gasteiger partial charge is 0.241 e. The topological polar surface area (TPSA) is 98.5 Å². The summed E-state index contributed by atoms with van der Waals surface area (Å²) in [5.74, 6) is -0.0200. The number of carbonyl (C=O) groups is 1. The molecule has 1 saturated carbocycles. The largest absolute Gasteiger partial charge is 0.495 e. The minimum Gasteiger partial charge on any atom is -0.495 e. The fraction of sp³-hybridized carbons (Fsp3) is 0.278. The zero-order chi connectivity index (χ0) is 18.9. The van der Waals surface area contributed by atoms with Crippen molar-refractivity contribution >= 4 is 37.5 Å². The van der Waals surface area contributed by atoms with Gasteiger partial charge in [-0.15, -0.1) is 0 Å². The quantitative estimate of drug-likeness (QED) is 0.748. The molecule has 1 amide bonds. The van der Waals surface area contributed by atoms with Gasteiger partial charge in [0.1, 0.15) is 10.6 Å². The molecule has 0 bridgehead atoms. The third kappa shape index (κ3) is 3.49. The van der Waals surface area contributed by atoms with Crippen molar-refractivity contribution in [2.45, 2.75) is 29.6 Å². The predicted molar refractivity (Wildman–Crippen MR) is 103 cm³/mol. The highest BCUT2D eigenvalue weighted by Gasteiger charge is 2.45. The van der Waals surface area contributed by atoms with Crippen LogP contribution in [0.25, 0.3) is 0 Å². The van der Waals surface area contributed by atoms with Crippen LogP contribution in [0.15, 0.2) is 51.8 Å². The third-order valence-electron chi connectivity index (χ3n) is 4.77. The summed E-state index contributed by atoms with van der Waals surface area (Å²) in [6.07, 6.45) is 2.46. The van der Waals surface area contributed by atoms with E-state index in [4.69, 9.17) is 9.88 Å². The van der Waals surface area contributed by atoms with Crippen LogP contribution in [0.2, 0.25) is 0 Å². The van der Waals surface area contributed by atoms with Gasteiger partial charge in [0.15, 0.2) is 0 Å². The van der Waals surface area contributed by atoms with E-state index in [1.807, 2.05) is 24.3 Å². The fourth-order valence-electron chi connectivity index (χ4n) is 3.17. The van der Waals surface area contributed by atoms with Crippen molar-refractivity contribution in [3.05, 3.63) is 52.5 Å². The molecular weight excluding hydrogens is 420 g/mol. The molecule has 0 heterocycles. The molecule has 0 aromatic heterocycles. The molecule has 0 atom stereocenters. The number of hydrogen-bond donors (Lipinski definition) is 2. The van der Waals surface area contributed by atoms with E-state index in [2.05, 4.69) is 21.2 Å². The van der Waals surface area contributed by atoms with Crippen LogP contribution in [0.5, 0.6) is 5.75 Å². The van der Waals surface area contributed by atoms with Crippen molar-refractivity contribution in [1.29, 1.82) is 0 Å². The highest BCUT2D eigenvalue weighted by atomic mass is 79.9. The van der Waals surface area contributed by atoms with Gasteiger partial charge in [0.25, 0.3) is 0 Å². The molecule has 2 aromatic carbocycles. The Hall–Kier alpha value is -1.90. The second-order valence-corrected chi connectivity index (χ2v) is 8.75. The number of carbonyl (C=O) groups excluding carboxylic acids is 1. The van der Waals surface area contributed by atoms with Crippen LogP contribution in [0.4, 0.5) is 5.69 Å². The van der Waals surface area contributed by atoms with Crippen molar-refractivity contribution in [2.75, 3.05) is 12.4 Å². The fourth-order valence-corrected chi connectivity index (χ4v) is 4.16. The Balaban J connectivity index is 1.91. The zero-order valence-corrected chi connectivity index (χ0v) is 16.6. The summed E-state index contributed by atoms with van der Waals surface area (Å²) in [6, 6.07) is 12.1. The standard InChI is InChI=1S/C18H19BrN2O4S/c1-25-15-8-7-14(11-16(15)26(20,23)24)21-17(22)18(9-2-10-18)12-3-5-13(19)6-4-12/h3-8,11H,2,9-10H2,1H3,(H,21,22)(H2,20,23,24). The minimum atomic E-state index is -3.97. The number of rotatable bonds is 5. The van der Waals surface area contributed by atoms with Crippen LogP contribution in [0.3, 0.4) is 0 Å². The van der Waals surface area contributed by atoms with Crippen LogP contribution in [0, 0.1) is 0 Å². The Morgan fingerprint density at radius 1 is 1.19 bits per heavy atom. The highest BCUT2D eigenvalue weighted by molar-refractivity contribution is 9.10. The second kappa shape index (κ2) is 7.02. The number of hydrogen-bond acceptors (Lipinski definition) is 4. The van der Waals surface area contributed by atoms with Crippen molar-refractivity contribution in [1.82, 2.24) is 0 Å². The predicted octanol–water partition coefficient (Wildman–Crippen LogP) is 3.17. The van der Waals surface area contributed by atoms with Gasteiger partial charge in [-0.2, -0.15) is 0 Å². The van der Waals surface area contributed by atoms with Crippen LogP contribution >= 0.6 is 15.9 Å². The van der Waals surface area contributed by atoms with Crippen molar-refractivity contribution in [3.63, 3.8) is 0 Å². The molecule has 6 nitrogen and oxygen atoms in total. The summed E-state index contributed by atoms with van der Waals surface area (Å²) in [4.78, 5) is 12.8. The van der Waals surface area contributed by atoms with Gasteiger partial charge in [-0.05, 0) is 48.7 Å². The maximum absolute atomic E-state index is 13.0. The Morgan fingerprint density at radius 2 is 1.85 bits per heavy atom. The number of anilines is 1. The highest BCUT2D eigenvalue weighted by Crippen LogP contribution is 2.45. The molecule has 0 saturated heterocycles. The molecule has 1 aliphatic carbocycles. The maximum Gasteiger partial charge on any atom is 0.241 e. The van der Waals surface area contributed by atoms with Gasteiger partial charge >= 0.3 is 0 Å². The van der Waals surface area contributed by atoms with Gasteiger partial charge in [-0.25, -0.2) is 13.6 Å². The minimum absolute atomic E-state index is 0.136. The van der Waals surface area contributed by atoms with Crippen molar-refractivity contribution in [3.8, 4) is 5.75 Å². The molecule has 0 unspecified atom stereocenters. The van der Waals surface area contributed by atoms with E-state index in [0.29, 0.717) is 5.69 Å². The molecule has 26 heavy (non-hydrogen) atoms. The lowest BCUT2D eigenvalue weighted by atomic mass is 9.64. The van der Waals surface area contributed by atoms with E-state index in [0.717, 1.165) is 29.3 Å². The first-order chi connectivity index (χ1) is 12.3. The molecule has 0 radical (unpaired) electrons. The molecule has 0 spiro atoms. The number of primary sulfonamides is 1. The molecule has 2 aromatic rings.